The lowest BCUT2D eigenvalue weighted by molar-refractivity contribution is -0.383. The topological polar surface area (TPSA) is 118 Å². The number of hydrogen-bond acceptors (Lipinski definition) is 9. The van der Waals surface area contributed by atoms with E-state index in [4.69, 9.17) is 4.74 Å². The highest BCUT2D eigenvalue weighted by atomic mass is 16.6. The Kier molecular flexibility index (Phi) is 5.85. The monoisotopic (exact) mass is 405 g/mol. The van der Waals surface area contributed by atoms with Crippen LogP contribution in [0, 0.1) is 10.1 Å². The van der Waals surface area contributed by atoms with Gasteiger partial charge in [-0.3, -0.25) is 10.1 Å². The van der Waals surface area contributed by atoms with E-state index in [-0.39, 0.29) is 17.3 Å². The van der Waals surface area contributed by atoms with Crippen LogP contribution >= 0.6 is 0 Å². The Balaban J connectivity index is 1.53. The first kappa shape index (κ1) is 19.4. The molecule has 0 radical (unpaired) electrons. The number of nitro groups is 1. The van der Waals surface area contributed by atoms with Gasteiger partial charge in [0, 0.05) is 18.8 Å². The summed E-state index contributed by atoms with van der Waals surface area (Å²) in [5.41, 5.74) is 1.90. The average molecular weight is 405 g/mol. The quantitative estimate of drug-likeness (QED) is 0.367. The fourth-order valence-corrected chi connectivity index (χ4v) is 2.99. The predicted octanol–water partition coefficient (Wildman–Crippen LogP) is 4.38. The summed E-state index contributed by atoms with van der Waals surface area (Å²) in [5, 5.41) is 23.1. The zero-order chi connectivity index (χ0) is 20.8. The van der Waals surface area contributed by atoms with Gasteiger partial charge in [0.25, 0.3) is 0 Å². The van der Waals surface area contributed by atoms with E-state index < -0.39 is 4.92 Å². The van der Waals surface area contributed by atoms with Gasteiger partial charge in [-0.25, -0.2) is 9.97 Å². The van der Waals surface area contributed by atoms with Crippen LogP contribution in [0.5, 0.6) is 0 Å². The third kappa shape index (κ3) is 4.55. The van der Waals surface area contributed by atoms with Crippen molar-refractivity contribution in [3.8, 4) is 0 Å². The molecule has 4 rings (SSSR count). The zero-order valence-corrected chi connectivity index (χ0v) is 16.0. The summed E-state index contributed by atoms with van der Waals surface area (Å²) in [6.07, 6.45) is 1.32. The predicted molar refractivity (Wildman–Crippen MR) is 112 cm³/mol. The van der Waals surface area contributed by atoms with Crippen LogP contribution in [0.1, 0.15) is 0 Å². The highest BCUT2D eigenvalue weighted by Crippen LogP contribution is 2.34. The SMILES string of the molecule is O=[N+]([O-])c1c(Nc2ccc(N=Nc3ccccc3)cc2)ncnc1N1CCOCC1. The van der Waals surface area contributed by atoms with Crippen LogP contribution in [0.2, 0.25) is 0 Å². The van der Waals surface area contributed by atoms with Crippen molar-refractivity contribution in [2.24, 2.45) is 10.2 Å². The smallest absolute Gasteiger partial charge is 0.353 e. The maximum absolute atomic E-state index is 11.7. The molecule has 1 saturated heterocycles. The van der Waals surface area contributed by atoms with Crippen molar-refractivity contribution in [1.82, 2.24) is 9.97 Å². The summed E-state index contributed by atoms with van der Waals surface area (Å²) >= 11 is 0. The number of ether oxygens (including phenoxy) is 1. The van der Waals surface area contributed by atoms with Gasteiger partial charge < -0.3 is 15.0 Å². The van der Waals surface area contributed by atoms with Crippen LogP contribution in [-0.4, -0.2) is 41.2 Å². The average Bonchev–Trinajstić information content (AvgIpc) is 2.79. The number of morpholine rings is 1. The highest BCUT2D eigenvalue weighted by Gasteiger charge is 2.28. The van der Waals surface area contributed by atoms with E-state index in [0.717, 1.165) is 5.69 Å². The number of aromatic nitrogens is 2. The fourth-order valence-electron chi connectivity index (χ4n) is 2.99. The van der Waals surface area contributed by atoms with E-state index in [0.29, 0.717) is 37.7 Å². The molecule has 2 heterocycles. The minimum Gasteiger partial charge on any atom is -0.378 e. The van der Waals surface area contributed by atoms with Crippen molar-refractivity contribution in [2.75, 3.05) is 36.5 Å². The van der Waals surface area contributed by atoms with Gasteiger partial charge in [0.1, 0.15) is 6.33 Å². The van der Waals surface area contributed by atoms with E-state index >= 15 is 0 Å². The molecule has 0 unspecified atom stereocenters. The second kappa shape index (κ2) is 9.05. The first-order chi connectivity index (χ1) is 14.7. The molecule has 0 atom stereocenters. The van der Waals surface area contributed by atoms with Crippen molar-refractivity contribution >= 4 is 34.4 Å². The Morgan fingerprint density at radius 1 is 0.967 bits per heavy atom. The Bertz CT molecular complexity index is 1040. The molecule has 0 spiro atoms. The second-order valence-corrected chi connectivity index (χ2v) is 6.46. The molecule has 1 aromatic heterocycles. The molecule has 10 heteroatoms. The van der Waals surface area contributed by atoms with E-state index in [1.54, 1.807) is 24.3 Å². The normalized spacial score (nSPS) is 14.1. The summed E-state index contributed by atoms with van der Waals surface area (Å²) in [6, 6.07) is 16.5. The highest BCUT2D eigenvalue weighted by molar-refractivity contribution is 5.74. The van der Waals surface area contributed by atoms with Crippen LogP contribution in [0.4, 0.5) is 34.4 Å². The first-order valence-corrected chi connectivity index (χ1v) is 9.37. The molecule has 3 aromatic rings. The molecular formula is C20H19N7O3. The lowest BCUT2D eigenvalue weighted by atomic mass is 10.2. The number of rotatable bonds is 6. The van der Waals surface area contributed by atoms with Gasteiger partial charge in [-0.05, 0) is 36.4 Å². The molecule has 10 nitrogen and oxygen atoms in total. The molecule has 1 aliphatic heterocycles. The van der Waals surface area contributed by atoms with Crippen molar-refractivity contribution in [3.63, 3.8) is 0 Å². The first-order valence-electron chi connectivity index (χ1n) is 9.37. The molecule has 1 N–H and O–H groups in total. The van der Waals surface area contributed by atoms with Gasteiger partial charge >= 0.3 is 5.69 Å². The number of azo groups is 1. The number of benzene rings is 2. The Hall–Kier alpha value is -3.92. The second-order valence-electron chi connectivity index (χ2n) is 6.46. The molecular weight excluding hydrogens is 386 g/mol. The molecule has 0 aliphatic carbocycles. The van der Waals surface area contributed by atoms with E-state index in [1.807, 2.05) is 35.2 Å². The summed E-state index contributed by atoms with van der Waals surface area (Å²) in [7, 11) is 0. The van der Waals surface area contributed by atoms with Crippen LogP contribution in [0.25, 0.3) is 0 Å². The molecule has 0 saturated carbocycles. The Morgan fingerprint density at radius 2 is 1.63 bits per heavy atom. The summed E-state index contributed by atoms with van der Waals surface area (Å²) in [6.45, 7) is 2.09. The van der Waals surface area contributed by atoms with Gasteiger partial charge in [-0.15, -0.1) is 0 Å². The lowest BCUT2D eigenvalue weighted by Gasteiger charge is -2.27. The number of nitrogens with one attached hydrogen (secondary N) is 1. The van der Waals surface area contributed by atoms with E-state index in [1.165, 1.54) is 6.33 Å². The van der Waals surface area contributed by atoms with Gasteiger partial charge in [-0.2, -0.15) is 10.2 Å². The maximum Gasteiger partial charge on any atom is 0.353 e. The Morgan fingerprint density at radius 3 is 2.30 bits per heavy atom. The maximum atomic E-state index is 11.7. The number of anilines is 3. The van der Waals surface area contributed by atoms with Crippen molar-refractivity contribution in [1.29, 1.82) is 0 Å². The van der Waals surface area contributed by atoms with E-state index in [2.05, 4.69) is 25.5 Å². The van der Waals surface area contributed by atoms with Crippen LogP contribution in [0.15, 0.2) is 71.2 Å². The largest absolute Gasteiger partial charge is 0.378 e. The van der Waals surface area contributed by atoms with E-state index in [9.17, 15) is 10.1 Å². The Labute approximate surface area is 172 Å². The molecule has 152 valence electrons. The number of nitrogens with zero attached hydrogens (tertiary/aromatic N) is 6. The molecule has 0 bridgehead atoms. The minimum absolute atomic E-state index is 0.134. The van der Waals surface area contributed by atoms with Gasteiger partial charge in [0.05, 0.1) is 29.5 Å². The third-order valence-electron chi connectivity index (χ3n) is 4.46. The van der Waals surface area contributed by atoms with Crippen LogP contribution < -0.4 is 10.2 Å². The van der Waals surface area contributed by atoms with Crippen molar-refractivity contribution in [3.05, 3.63) is 71.0 Å². The summed E-state index contributed by atoms with van der Waals surface area (Å²) < 4.78 is 5.32. The summed E-state index contributed by atoms with van der Waals surface area (Å²) in [4.78, 5) is 21.4. The van der Waals surface area contributed by atoms with Gasteiger partial charge in [0.2, 0.25) is 11.6 Å². The summed E-state index contributed by atoms with van der Waals surface area (Å²) in [5.74, 6) is 0.421. The fraction of sp³-hybridized carbons (Fsp3) is 0.200. The van der Waals surface area contributed by atoms with Gasteiger partial charge in [-0.1, -0.05) is 18.2 Å². The van der Waals surface area contributed by atoms with Crippen molar-refractivity contribution in [2.45, 2.75) is 0 Å². The zero-order valence-electron chi connectivity index (χ0n) is 16.0. The molecule has 2 aromatic carbocycles. The standard InChI is InChI=1S/C20H19N7O3/c28-27(29)18-19(21-14-22-20(18)26-10-12-30-13-11-26)23-15-6-8-17(9-7-15)25-24-16-4-2-1-3-5-16/h1-9,14H,10-13H2,(H,21,22,23). The molecule has 1 aliphatic rings. The van der Waals surface area contributed by atoms with Gasteiger partial charge in [0.15, 0.2) is 0 Å². The number of hydrogen-bond donors (Lipinski definition) is 1. The molecule has 0 amide bonds. The molecule has 1 fully saturated rings. The van der Waals surface area contributed by atoms with Crippen LogP contribution in [0.3, 0.4) is 0 Å². The molecule has 30 heavy (non-hydrogen) atoms. The lowest BCUT2D eigenvalue weighted by Crippen LogP contribution is -2.37. The third-order valence-corrected chi connectivity index (χ3v) is 4.46. The van der Waals surface area contributed by atoms with Crippen molar-refractivity contribution < 1.29 is 9.66 Å². The minimum atomic E-state index is -0.463. The van der Waals surface area contributed by atoms with Crippen LogP contribution in [-0.2, 0) is 4.74 Å².